The van der Waals surface area contributed by atoms with Crippen molar-refractivity contribution in [3.05, 3.63) is 78.3 Å². The van der Waals surface area contributed by atoms with E-state index < -0.39 is 17.3 Å². The van der Waals surface area contributed by atoms with Crippen molar-refractivity contribution in [3.63, 3.8) is 0 Å². The largest absolute Gasteiger partial charge is 0.473 e. The maximum Gasteiger partial charge on any atom is 0.264 e. The second kappa shape index (κ2) is 11.1. The number of nitrogen functional groups attached to an aromatic ring is 1. The number of anilines is 1. The number of nitrogens with zero attached hydrogens (tertiary/aromatic N) is 6. The molecule has 11 heteroatoms. The number of allylic oxidation sites excluding steroid dienone is 2. The average Bonchev–Trinajstić information content (AvgIpc) is 3.59. The van der Waals surface area contributed by atoms with Crippen molar-refractivity contribution >= 4 is 22.8 Å². The number of amides is 1. The van der Waals surface area contributed by atoms with Gasteiger partial charge in [0.15, 0.2) is 11.8 Å². The Kier molecular flexibility index (Phi) is 7.60. The maximum atomic E-state index is 15.9. The fourth-order valence-corrected chi connectivity index (χ4v) is 5.28. The molecule has 1 aromatic carbocycles. The van der Waals surface area contributed by atoms with Crippen molar-refractivity contribution < 1.29 is 13.9 Å². The SMILES string of the molecule is CNC(C)(C)/C=C(/C#N)C(=O)N1CCCC1Cn1nc(C2(Oc3ccccc3)C=CC=CC2F)c2c(N)ncnc21. The summed E-state index contributed by atoms with van der Waals surface area (Å²) in [5.41, 5.74) is 4.91. The first-order valence-corrected chi connectivity index (χ1v) is 13.5. The highest BCUT2D eigenvalue weighted by Crippen LogP contribution is 2.41. The van der Waals surface area contributed by atoms with Gasteiger partial charge in [-0.25, -0.2) is 19.0 Å². The first-order chi connectivity index (χ1) is 19.7. The molecule has 0 saturated carbocycles. The summed E-state index contributed by atoms with van der Waals surface area (Å²) in [6.45, 7) is 4.56. The number of nitrogens with two attached hydrogens (primary N) is 1. The minimum Gasteiger partial charge on any atom is -0.473 e. The third-order valence-corrected chi connectivity index (χ3v) is 7.63. The van der Waals surface area contributed by atoms with E-state index in [1.54, 1.807) is 65.2 Å². The number of nitrogens with one attached hydrogen (secondary N) is 1. The van der Waals surface area contributed by atoms with Gasteiger partial charge in [-0.1, -0.05) is 30.4 Å². The third kappa shape index (κ3) is 5.30. The fourth-order valence-electron chi connectivity index (χ4n) is 5.28. The molecule has 3 unspecified atom stereocenters. The molecule has 3 N–H and O–H groups in total. The van der Waals surface area contributed by atoms with Gasteiger partial charge in [0.25, 0.3) is 5.91 Å². The maximum absolute atomic E-state index is 15.9. The van der Waals surface area contributed by atoms with Gasteiger partial charge in [-0.05, 0) is 64.1 Å². The summed E-state index contributed by atoms with van der Waals surface area (Å²) < 4.78 is 23.9. The van der Waals surface area contributed by atoms with E-state index in [0.717, 1.165) is 6.42 Å². The van der Waals surface area contributed by atoms with Crippen LogP contribution in [0.25, 0.3) is 11.0 Å². The first kappa shape index (κ1) is 28.0. The fraction of sp³-hybridized carbons (Fsp3) is 0.367. The van der Waals surface area contributed by atoms with Crippen LogP contribution in [0.5, 0.6) is 5.75 Å². The van der Waals surface area contributed by atoms with Crippen LogP contribution in [0.2, 0.25) is 0 Å². The van der Waals surface area contributed by atoms with Crippen molar-refractivity contribution in [1.82, 2.24) is 30.0 Å². The van der Waals surface area contributed by atoms with E-state index in [9.17, 15) is 10.1 Å². The predicted octanol–water partition coefficient (Wildman–Crippen LogP) is 3.59. The Balaban J connectivity index is 1.56. The molecule has 1 saturated heterocycles. The zero-order chi connectivity index (χ0) is 29.2. The van der Waals surface area contributed by atoms with Crippen molar-refractivity contribution in [2.75, 3.05) is 19.3 Å². The number of carbonyl (C=O) groups excluding carboxylic acids is 1. The van der Waals surface area contributed by atoms with E-state index in [1.165, 1.54) is 12.4 Å². The van der Waals surface area contributed by atoms with Crippen LogP contribution < -0.4 is 15.8 Å². The van der Waals surface area contributed by atoms with Crippen LogP contribution in [0.1, 0.15) is 32.4 Å². The third-order valence-electron chi connectivity index (χ3n) is 7.63. The Labute approximate surface area is 238 Å². The lowest BCUT2D eigenvalue weighted by atomic mass is 9.88. The van der Waals surface area contributed by atoms with Crippen molar-refractivity contribution in [2.24, 2.45) is 0 Å². The number of fused-ring (bicyclic) bond motifs is 1. The number of hydrogen-bond donors (Lipinski definition) is 2. The molecule has 212 valence electrons. The van der Waals surface area contributed by atoms with Gasteiger partial charge in [0.1, 0.15) is 35.2 Å². The highest BCUT2D eigenvalue weighted by Gasteiger charge is 2.46. The molecule has 1 amide bonds. The summed E-state index contributed by atoms with van der Waals surface area (Å²) in [5, 5.41) is 18.1. The number of ether oxygens (including phenoxy) is 1. The van der Waals surface area contributed by atoms with Gasteiger partial charge in [0.2, 0.25) is 5.60 Å². The van der Waals surface area contributed by atoms with Gasteiger partial charge >= 0.3 is 0 Å². The first-order valence-electron chi connectivity index (χ1n) is 13.5. The van der Waals surface area contributed by atoms with Gasteiger partial charge in [-0.2, -0.15) is 10.4 Å². The number of para-hydroxylation sites is 1. The summed E-state index contributed by atoms with van der Waals surface area (Å²) in [6.07, 6.45) is 9.25. The van der Waals surface area contributed by atoms with Gasteiger partial charge in [0, 0.05) is 12.1 Å². The number of halogens is 1. The minimum atomic E-state index is -1.63. The summed E-state index contributed by atoms with van der Waals surface area (Å²) in [7, 11) is 1.77. The molecule has 0 spiro atoms. The van der Waals surface area contributed by atoms with E-state index in [4.69, 9.17) is 15.6 Å². The normalized spacial score (nSPS) is 22.7. The standard InChI is InChI=1S/C30H33FN8O2/c1-29(2,34-3)16-20(17-32)28(40)38-15-9-10-21(38)18-39-27-24(26(33)35-19-36-27)25(37-39)30(14-8-7-13-23(30)31)41-22-11-5-4-6-12-22/h4-8,11-14,16,19,21,23,34H,9-10,15,18H2,1-3H3,(H2,33,35,36)/b20-16-. The monoisotopic (exact) mass is 556 g/mol. The molecule has 3 heterocycles. The van der Waals surface area contributed by atoms with Crippen molar-refractivity contribution in [1.29, 1.82) is 5.26 Å². The quantitative estimate of drug-likeness (QED) is 0.318. The van der Waals surface area contributed by atoms with Crippen LogP contribution in [-0.4, -0.2) is 61.9 Å². The highest BCUT2D eigenvalue weighted by molar-refractivity contribution is 5.98. The van der Waals surface area contributed by atoms with E-state index in [0.29, 0.717) is 29.7 Å². The summed E-state index contributed by atoms with van der Waals surface area (Å²) in [5.74, 6) is 0.268. The number of benzene rings is 1. The number of alkyl halides is 1. The molecule has 0 radical (unpaired) electrons. The summed E-state index contributed by atoms with van der Waals surface area (Å²) in [6, 6.07) is 10.8. The molecule has 2 aromatic heterocycles. The van der Waals surface area contributed by atoms with E-state index >= 15 is 4.39 Å². The van der Waals surface area contributed by atoms with E-state index in [1.807, 2.05) is 19.9 Å². The number of nitriles is 1. The molecule has 1 fully saturated rings. The molecule has 2 aliphatic rings. The topological polar surface area (TPSA) is 135 Å². The molecule has 3 aromatic rings. The lowest BCUT2D eigenvalue weighted by molar-refractivity contribution is -0.127. The lowest BCUT2D eigenvalue weighted by Crippen LogP contribution is -2.42. The highest BCUT2D eigenvalue weighted by atomic mass is 19.1. The minimum absolute atomic E-state index is 0.0726. The molecular weight excluding hydrogens is 523 g/mol. The van der Waals surface area contributed by atoms with Gasteiger partial charge < -0.3 is 20.7 Å². The second-order valence-corrected chi connectivity index (χ2v) is 10.8. The molecule has 1 aliphatic carbocycles. The average molecular weight is 557 g/mol. The van der Waals surface area contributed by atoms with Gasteiger partial charge in [-0.15, -0.1) is 0 Å². The van der Waals surface area contributed by atoms with Gasteiger partial charge in [-0.3, -0.25) is 4.79 Å². The zero-order valence-electron chi connectivity index (χ0n) is 23.3. The summed E-state index contributed by atoms with van der Waals surface area (Å²) in [4.78, 5) is 23.8. The number of aromatic nitrogens is 4. The van der Waals surface area contributed by atoms with E-state index in [2.05, 4.69) is 21.4 Å². The zero-order valence-corrected chi connectivity index (χ0v) is 23.3. The number of carbonyl (C=O) groups is 1. The molecule has 1 aliphatic heterocycles. The Morgan fingerprint density at radius 1 is 1.32 bits per heavy atom. The Morgan fingerprint density at radius 2 is 2.10 bits per heavy atom. The van der Waals surface area contributed by atoms with Crippen LogP contribution in [0.15, 0.2) is 72.6 Å². The lowest BCUT2D eigenvalue weighted by Gasteiger charge is -2.33. The molecule has 5 rings (SSSR count). The van der Waals surface area contributed by atoms with E-state index in [-0.39, 0.29) is 35.6 Å². The number of likely N-dealkylation sites (N-methyl/N-ethyl adjacent to an activating group) is 1. The van der Waals surface area contributed by atoms with Crippen LogP contribution in [0, 0.1) is 11.3 Å². The molecule has 41 heavy (non-hydrogen) atoms. The van der Waals surface area contributed by atoms with Crippen LogP contribution in [0.4, 0.5) is 10.2 Å². The van der Waals surface area contributed by atoms with Crippen molar-refractivity contribution in [2.45, 2.75) is 56.6 Å². The van der Waals surface area contributed by atoms with Crippen LogP contribution >= 0.6 is 0 Å². The smallest absolute Gasteiger partial charge is 0.264 e. The van der Waals surface area contributed by atoms with Gasteiger partial charge in [0.05, 0.1) is 18.0 Å². The summed E-state index contributed by atoms with van der Waals surface area (Å²) >= 11 is 0. The van der Waals surface area contributed by atoms with Crippen molar-refractivity contribution in [3.8, 4) is 11.8 Å². The number of likely N-dealkylation sites (tertiary alicyclic amines) is 1. The molecular formula is C30H33FN8O2. The Morgan fingerprint density at radius 3 is 2.80 bits per heavy atom. The molecule has 0 bridgehead atoms. The Bertz CT molecular complexity index is 1570. The van der Waals surface area contributed by atoms with Crippen LogP contribution in [-0.2, 0) is 16.9 Å². The van der Waals surface area contributed by atoms with Crippen LogP contribution in [0.3, 0.4) is 0 Å². The second-order valence-electron chi connectivity index (χ2n) is 10.8. The Hall–Kier alpha value is -4.56. The predicted molar refractivity (Wildman–Crippen MR) is 153 cm³/mol. The molecule has 10 nitrogen and oxygen atoms in total. The number of rotatable bonds is 8. The number of hydrogen-bond acceptors (Lipinski definition) is 8. The molecule has 3 atom stereocenters.